The lowest BCUT2D eigenvalue weighted by Gasteiger charge is -2.09. The van der Waals surface area contributed by atoms with Crippen LogP contribution in [0, 0.1) is 6.92 Å². The smallest absolute Gasteiger partial charge is 0.414 e. The van der Waals surface area contributed by atoms with Crippen molar-refractivity contribution in [3.8, 4) is 5.75 Å². The molecule has 1 aromatic carbocycles. The van der Waals surface area contributed by atoms with Gasteiger partial charge in [-0.1, -0.05) is 11.6 Å². The molecule has 1 rings (SSSR count). The Hall–Kier alpha value is -1.83. The first-order valence-corrected chi connectivity index (χ1v) is 8.31. The maximum atomic E-state index is 9.10. The highest BCUT2D eigenvalue weighted by molar-refractivity contribution is 6.30. The molecule has 0 aliphatic rings. The number of rotatable bonds is 10. The van der Waals surface area contributed by atoms with Gasteiger partial charge in [-0.05, 0) is 63.0 Å². The summed E-state index contributed by atoms with van der Waals surface area (Å²) in [5, 5.41) is 18.9. The Bertz CT molecular complexity index is 512. The molecule has 0 saturated carbocycles. The molecule has 0 spiro atoms. The third-order valence-corrected chi connectivity index (χ3v) is 3.26. The first-order valence-electron chi connectivity index (χ1n) is 7.93. The van der Waals surface area contributed by atoms with E-state index in [1.54, 1.807) is 7.11 Å². The van der Waals surface area contributed by atoms with Crippen LogP contribution in [0.2, 0.25) is 5.02 Å². The molecular formula is C17H26ClNO6. The molecule has 142 valence electrons. The monoisotopic (exact) mass is 375 g/mol. The fourth-order valence-corrected chi connectivity index (χ4v) is 2.00. The highest BCUT2D eigenvalue weighted by Gasteiger charge is 2.04. The number of aliphatic carboxylic acids is 2. The highest BCUT2D eigenvalue weighted by atomic mass is 35.5. The molecular weight excluding hydrogens is 350 g/mol. The fraction of sp³-hybridized carbons (Fsp3) is 0.529. The number of ether oxygens (including phenoxy) is 2. The quantitative estimate of drug-likeness (QED) is 0.426. The van der Waals surface area contributed by atoms with E-state index in [9.17, 15) is 0 Å². The average Bonchev–Trinajstić information content (AvgIpc) is 2.55. The Balaban J connectivity index is 0.000000823. The minimum Gasteiger partial charge on any atom is -0.493 e. The largest absolute Gasteiger partial charge is 0.493 e. The summed E-state index contributed by atoms with van der Waals surface area (Å²) in [7, 11) is 1.73. The van der Waals surface area contributed by atoms with Gasteiger partial charge in [-0.2, -0.15) is 0 Å². The summed E-state index contributed by atoms with van der Waals surface area (Å²) < 4.78 is 10.7. The average molecular weight is 376 g/mol. The SMILES string of the molecule is COCCCNCCCCOc1ccc(Cl)cc1C.O=C(O)C(=O)O. The lowest BCUT2D eigenvalue weighted by Crippen LogP contribution is -2.18. The van der Waals surface area contributed by atoms with Crippen LogP contribution in [-0.4, -0.2) is 55.6 Å². The molecule has 8 heteroatoms. The van der Waals surface area contributed by atoms with Crippen LogP contribution < -0.4 is 10.1 Å². The Morgan fingerprint density at radius 3 is 2.28 bits per heavy atom. The summed E-state index contributed by atoms with van der Waals surface area (Å²) in [5.41, 5.74) is 1.09. The number of hydrogen-bond donors (Lipinski definition) is 3. The van der Waals surface area contributed by atoms with Gasteiger partial charge >= 0.3 is 11.9 Å². The lowest BCUT2D eigenvalue weighted by molar-refractivity contribution is -0.159. The zero-order chi connectivity index (χ0) is 19.1. The molecule has 3 N–H and O–H groups in total. The summed E-state index contributed by atoms with van der Waals surface area (Å²) in [6.45, 7) is 5.64. The third kappa shape index (κ3) is 13.2. The van der Waals surface area contributed by atoms with Crippen LogP contribution in [0.3, 0.4) is 0 Å². The minimum atomic E-state index is -1.82. The van der Waals surface area contributed by atoms with Crippen LogP contribution in [0.1, 0.15) is 24.8 Å². The van der Waals surface area contributed by atoms with Gasteiger partial charge in [0.1, 0.15) is 5.75 Å². The van der Waals surface area contributed by atoms with Gasteiger partial charge in [0.15, 0.2) is 0 Å². The third-order valence-electron chi connectivity index (χ3n) is 3.03. The Morgan fingerprint density at radius 1 is 1.08 bits per heavy atom. The van der Waals surface area contributed by atoms with E-state index in [2.05, 4.69) is 5.32 Å². The van der Waals surface area contributed by atoms with Crippen molar-refractivity contribution in [1.29, 1.82) is 0 Å². The number of carboxylic acids is 2. The Labute approximate surface area is 152 Å². The lowest BCUT2D eigenvalue weighted by atomic mass is 10.2. The number of carbonyl (C=O) groups is 2. The normalized spacial score (nSPS) is 9.88. The number of carboxylic acid groups (broad SMARTS) is 2. The molecule has 0 aromatic heterocycles. The van der Waals surface area contributed by atoms with E-state index in [4.69, 9.17) is 40.9 Å². The van der Waals surface area contributed by atoms with E-state index in [1.807, 2.05) is 25.1 Å². The summed E-state index contributed by atoms with van der Waals surface area (Å²) >= 11 is 5.90. The van der Waals surface area contributed by atoms with Crippen LogP contribution in [0.15, 0.2) is 18.2 Å². The van der Waals surface area contributed by atoms with Crippen molar-refractivity contribution in [2.24, 2.45) is 0 Å². The standard InChI is InChI=1S/C15H24ClNO2.C2H2O4/c1-13-12-14(16)6-7-15(13)19-11-4-3-8-17-9-5-10-18-2;3-1(4)2(5)6/h6-7,12,17H,3-5,8-11H2,1-2H3;(H,3,4)(H,5,6). The Kier molecular flexibility index (Phi) is 13.4. The molecule has 0 unspecified atom stereocenters. The van der Waals surface area contributed by atoms with Crippen molar-refractivity contribution < 1.29 is 29.3 Å². The van der Waals surface area contributed by atoms with Gasteiger partial charge in [0.25, 0.3) is 0 Å². The van der Waals surface area contributed by atoms with Gasteiger partial charge < -0.3 is 25.0 Å². The molecule has 25 heavy (non-hydrogen) atoms. The van der Waals surface area contributed by atoms with Crippen LogP contribution >= 0.6 is 11.6 Å². The van der Waals surface area contributed by atoms with Crippen molar-refractivity contribution >= 4 is 23.5 Å². The van der Waals surface area contributed by atoms with E-state index >= 15 is 0 Å². The molecule has 0 aliphatic carbocycles. The van der Waals surface area contributed by atoms with E-state index in [1.165, 1.54) is 0 Å². The van der Waals surface area contributed by atoms with E-state index < -0.39 is 11.9 Å². The maximum Gasteiger partial charge on any atom is 0.414 e. The second-order valence-corrected chi connectivity index (χ2v) is 5.61. The molecule has 1 aromatic rings. The van der Waals surface area contributed by atoms with E-state index in [-0.39, 0.29) is 0 Å². The predicted molar refractivity (Wildman–Crippen MR) is 95.6 cm³/mol. The Morgan fingerprint density at radius 2 is 1.72 bits per heavy atom. The van der Waals surface area contributed by atoms with Gasteiger partial charge in [-0.15, -0.1) is 0 Å². The number of nitrogens with one attached hydrogen (secondary N) is 1. The van der Waals surface area contributed by atoms with Crippen molar-refractivity contribution in [2.75, 3.05) is 33.4 Å². The van der Waals surface area contributed by atoms with Crippen LogP contribution in [-0.2, 0) is 14.3 Å². The first-order chi connectivity index (χ1) is 11.9. The number of halogens is 1. The molecule has 0 fully saturated rings. The first kappa shape index (κ1) is 23.2. The van der Waals surface area contributed by atoms with Gasteiger partial charge in [-0.3, -0.25) is 0 Å². The number of unbranched alkanes of at least 4 members (excludes halogenated alkanes) is 1. The van der Waals surface area contributed by atoms with Crippen LogP contribution in [0.25, 0.3) is 0 Å². The summed E-state index contributed by atoms with van der Waals surface area (Å²) in [6.07, 6.45) is 3.25. The van der Waals surface area contributed by atoms with E-state index in [0.717, 1.165) is 61.9 Å². The van der Waals surface area contributed by atoms with Crippen molar-refractivity contribution in [3.63, 3.8) is 0 Å². The molecule has 0 bridgehead atoms. The maximum absolute atomic E-state index is 9.10. The fourth-order valence-electron chi connectivity index (χ4n) is 1.78. The van der Waals surface area contributed by atoms with Gasteiger partial charge in [-0.25, -0.2) is 9.59 Å². The zero-order valence-electron chi connectivity index (χ0n) is 14.6. The van der Waals surface area contributed by atoms with Gasteiger partial charge in [0, 0.05) is 18.7 Å². The highest BCUT2D eigenvalue weighted by Crippen LogP contribution is 2.21. The second-order valence-electron chi connectivity index (χ2n) is 5.17. The predicted octanol–water partition coefficient (Wildman–Crippen LogP) is 2.59. The van der Waals surface area contributed by atoms with Crippen molar-refractivity contribution in [3.05, 3.63) is 28.8 Å². The topological polar surface area (TPSA) is 105 Å². The molecule has 0 aliphatic heterocycles. The minimum absolute atomic E-state index is 0.752. The molecule has 0 amide bonds. The van der Waals surface area contributed by atoms with Gasteiger partial charge in [0.2, 0.25) is 0 Å². The number of benzene rings is 1. The molecule has 0 radical (unpaired) electrons. The molecule has 0 atom stereocenters. The van der Waals surface area contributed by atoms with Crippen LogP contribution in [0.4, 0.5) is 0 Å². The van der Waals surface area contributed by atoms with E-state index in [0.29, 0.717) is 0 Å². The van der Waals surface area contributed by atoms with Crippen molar-refractivity contribution in [1.82, 2.24) is 5.32 Å². The number of methoxy groups -OCH3 is 1. The zero-order valence-corrected chi connectivity index (χ0v) is 15.3. The summed E-state index contributed by atoms with van der Waals surface area (Å²) in [5.74, 6) is -2.72. The second kappa shape index (κ2) is 14.5. The summed E-state index contributed by atoms with van der Waals surface area (Å²) in [6, 6.07) is 5.72. The van der Waals surface area contributed by atoms with Gasteiger partial charge in [0.05, 0.1) is 6.61 Å². The molecule has 0 saturated heterocycles. The number of hydrogen-bond acceptors (Lipinski definition) is 5. The van der Waals surface area contributed by atoms with Crippen molar-refractivity contribution in [2.45, 2.75) is 26.2 Å². The molecule has 0 heterocycles. The number of aryl methyl sites for hydroxylation is 1. The van der Waals surface area contributed by atoms with Crippen LogP contribution in [0.5, 0.6) is 5.75 Å². The molecule has 7 nitrogen and oxygen atoms in total. The summed E-state index contributed by atoms with van der Waals surface area (Å²) in [4.78, 5) is 18.2.